The van der Waals surface area contributed by atoms with Gasteiger partial charge in [0.25, 0.3) is 0 Å². The fourth-order valence-electron chi connectivity index (χ4n) is 3.79. The van der Waals surface area contributed by atoms with E-state index in [0.29, 0.717) is 40.7 Å². The number of thioether (sulfide) groups is 1. The van der Waals surface area contributed by atoms with E-state index in [1.54, 1.807) is 13.2 Å². The van der Waals surface area contributed by atoms with Crippen LogP contribution in [0.25, 0.3) is 0 Å². The second kappa shape index (κ2) is 11.2. The lowest BCUT2D eigenvalue weighted by Crippen LogP contribution is -2.41. The summed E-state index contributed by atoms with van der Waals surface area (Å²) in [5.74, 6) is 2.89. The molecule has 1 heterocycles. The molecule has 1 aliphatic carbocycles. The maximum Gasteiger partial charge on any atom is 0.230 e. The largest absolute Gasteiger partial charge is 0.493 e. The summed E-state index contributed by atoms with van der Waals surface area (Å²) in [6.45, 7) is 8.83. The molecule has 7 nitrogen and oxygen atoms in total. The van der Waals surface area contributed by atoms with Crippen LogP contribution in [-0.4, -0.2) is 39.6 Å². The number of hydrogen-bond acceptors (Lipinski definition) is 6. The van der Waals surface area contributed by atoms with Crippen molar-refractivity contribution in [2.45, 2.75) is 63.9 Å². The van der Waals surface area contributed by atoms with Crippen LogP contribution in [0.4, 0.5) is 0 Å². The number of carbonyl (C=O) groups excluding carboxylic acids is 1. The van der Waals surface area contributed by atoms with Crippen molar-refractivity contribution in [3.63, 3.8) is 0 Å². The van der Waals surface area contributed by atoms with Gasteiger partial charge in [0.2, 0.25) is 5.91 Å². The molecular formula is C23H32N4O3S. The fourth-order valence-corrected chi connectivity index (χ4v) is 4.57. The minimum atomic E-state index is 0.0408. The van der Waals surface area contributed by atoms with Gasteiger partial charge in [-0.05, 0) is 43.4 Å². The number of benzene rings is 1. The third kappa shape index (κ3) is 6.26. The Morgan fingerprint density at radius 1 is 1.32 bits per heavy atom. The number of methoxy groups -OCH3 is 1. The predicted octanol–water partition coefficient (Wildman–Crippen LogP) is 4.15. The summed E-state index contributed by atoms with van der Waals surface area (Å²) in [4.78, 5) is 12.5. The van der Waals surface area contributed by atoms with Gasteiger partial charge in [-0.25, -0.2) is 0 Å². The molecule has 1 saturated carbocycles. The molecule has 0 spiro atoms. The van der Waals surface area contributed by atoms with Crippen molar-refractivity contribution >= 4 is 17.7 Å². The zero-order valence-corrected chi connectivity index (χ0v) is 19.4. The summed E-state index contributed by atoms with van der Waals surface area (Å²) in [6, 6.07) is 6.06. The lowest BCUT2D eigenvalue weighted by molar-refractivity contribution is -0.119. The lowest BCUT2D eigenvalue weighted by atomic mass is 9.86. The molecular weight excluding hydrogens is 412 g/mol. The zero-order chi connectivity index (χ0) is 22.2. The molecule has 168 valence electrons. The lowest BCUT2D eigenvalue weighted by Gasteiger charge is -2.29. The Kier molecular flexibility index (Phi) is 8.40. The van der Waals surface area contributed by atoms with Crippen LogP contribution in [0.3, 0.4) is 0 Å². The molecule has 1 N–H and O–H groups in total. The quantitative estimate of drug-likeness (QED) is 0.438. The Balaban J connectivity index is 1.60. The number of amides is 1. The Hall–Kier alpha value is -2.48. The van der Waals surface area contributed by atoms with Crippen molar-refractivity contribution in [1.29, 1.82) is 0 Å². The summed E-state index contributed by atoms with van der Waals surface area (Å²) < 4.78 is 13.3. The molecule has 1 amide bonds. The molecule has 2 atom stereocenters. The van der Waals surface area contributed by atoms with Crippen LogP contribution in [0.15, 0.2) is 36.0 Å². The molecule has 3 rings (SSSR count). The van der Waals surface area contributed by atoms with Gasteiger partial charge in [0.1, 0.15) is 6.61 Å². The van der Waals surface area contributed by atoms with Crippen LogP contribution in [0.1, 0.15) is 44.0 Å². The van der Waals surface area contributed by atoms with Gasteiger partial charge in [0.15, 0.2) is 22.5 Å². The molecule has 2 aromatic rings. The highest BCUT2D eigenvalue weighted by Gasteiger charge is 2.23. The van der Waals surface area contributed by atoms with E-state index >= 15 is 0 Å². The topological polar surface area (TPSA) is 78.3 Å². The Bertz CT molecular complexity index is 899. The molecule has 1 aliphatic rings. The number of aryl methyl sites for hydroxylation is 1. The van der Waals surface area contributed by atoms with Gasteiger partial charge in [-0.15, -0.1) is 16.8 Å². The summed E-state index contributed by atoms with van der Waals surface area (Å²) in [7, 11) is 1.62. The summed E-state index contributed by atoms with van der Waals surface area (Å²) in [5, 5.41) is 12.4. The molecule has 1 aromatic heterocycles. The average Bonchev–Trinajstić information content (AvgIpc) is 3.14. The van der Waals surface area contributed by atoms with Crippen molar-refractivity contribution < 1.29 is 14.3 Å². The van der Waals surface area contributed by atoms with E-state index in [9.17, 15) is 4.79 Å². The van der Waals surface area contributed by atoms with E-state index in [-0.39, 0.29) is 18.6 Å². The first-order chi connectivity index (χ1) is 15.0. The van der Waals surface area contributed by atoms with Crippen molar-refractivity contribution in [2.75, 3.05) is 12.9 Å². The van der Waals surface area contributed by atoms with E-state index in [0.717, 1.165) is 12.0 Å². The van der Waals surface area contributed by atoms with Gasteiger partial charge in [0.05, 0.1) is 12.9 Å². The van der Waals surface area contributed by atoms with Crippen LogP contribution in [-0.2, 0) is 17.9 Å². The fraction of sp³-hybridized carbons (Fsp3) is 0.522. The van der Waals surface area contributed by atoms with Gasteiger partial charge in [-0.2, -0.15) is 0 Å². The summed E-state index contributed by atoms with van der Waals surface area (Å²) >= 11 is 1.39. The van der Waals surface area contributed by atoms with Crippen LogP contribution in [0.2, 0.25) is 0 Å². The van der Waals surface area contributed by atoms with Crippen LogP contribution >= 0.6 is 11.8 Å². The molecule has 0 aliphatic heterocycles. The minimum Gasteiger partial charge on any atom is -0.493 e. The van der Waals surface area contributed by atoms with Gasteiger partial charge < -0.3 is 14.8 Å². The maximum atomic E-state index is 12.5. The third-order valence-corrected chi connectivity index (χ3v) is 6.54. The molecule has 0 bridgehead atoms. The average molecular weight is 445 g/mol. The van der Waals surface area contributed by atoms with E-state index in [2.05, 4.69) is 29.0 Å². The number of rotatable bonds is 10. The summed E-state index contributed by atoms with van der Waals surface area (Å²) in [5.41, 5.74) is 1.10. The molecule has 0 saturated heterocycles. The van der Waals surface area contributed by atoms with Crippen LogP contribution in [0, 0.1) is 12.8 Å². The maximum absolute atomic E-state index is 12.5. The number of allylic oxidation sites excluding steroid dienone is 1. The number of hydrogen-bond donors (Lipinski definition) is 1. The molecule has 31 heavy (non-hydrogen) atoms. The number of nitrogens with one attached hydrogen (secondary N) is 1. The van der Waals surface area contributed by atoms with Crippen molar-refractivity contribution in [1.82, 2.24) is 20.1 Å². The number of nitrogens with zero attached hydrogens (tertiary/aromatic N) is 3. The number of aromatic nitrogens is 3. The predicted molar refractivity (Wildman–Crippen MR) is 123 cm³/mol. The number of ether oxygens (including phenoxy) is 2. The second-order valence-corrected chi connectivity index (χ2v) is 8.91. The first-order valence-corrected chi connectivity index (χ1v) is 11.7. The number of carbonyl (C=O) groups is 1. The van der Waals surface area contributed by atoms with Gasteiger partial charge >= 0.3 is 0 Å². The standard InChI is InChI=1S/C23H32N4O3S/c1-5-12-27-21(14-30-19-11-10-16(2)13-20(19)29-4)25-26-23(27)31-15-22(28)24-18-9-7-6-8-17(18)3/h5,10-11,13,17-18H,1,6-9,12,14-15H2,2-4H3,(H,24,28). The zero-order valence-electron chi connectivity index (χ0n) is 18.6. The third-order valence-electron chi connectivity index (χ3n) is 5.57. The van der Waals surface area contributed by atoms with Gasteiger partial charge in [0, 0.05) is 12.6 Å². The highest BCUT2D eigenvalue weighted by Crippen LogP contribution is 2.29. The normalized spacial score (nSPS) is 18.4. The minimum absolute atomic E-state index is 0.0408. The van der Waals surface area contributed by atoms with E-state index in [1.807, 2.05) is 29.7 Å². The molecule has 8 heteroatoms. The highest BCUT2D eigenvalue weighted by molar-refractivity contribution is 7.99. The molecule has 1 aromatic carbocycles. The monoisotopic (exact) mass is 444 g/mol. The second-order valence-electron chi connectivity index (χ2n) is 7.97. The highest BCUT2D eigenvalue weighted by atomic mass is 32.2. The van der Waals surface area contributed by atoms with Crippen LogP contribution < -0.4 is 14.8 Å². The molecule has 0 radical (unpaired) electrons. The van der Waals surface area contributed by atoms with Crippen LogP contribution in [0.5, 0.6) is 11.5 Å². The van der Waals surface area contributed by atoms with Gasteiger partial charge in [-0.1, -0.05) is 43.7 Å². The van der Waals surface area contributed by atoms with Crippen molar-refractivity contribution in [3.8, 4) is 11.5 Å². The first-order valence-electron chi connectivity index (χ1n) is 10.7. The molecule has 1 fully saturated rings. The van der Waals surface area contributed by atoms with Gasteiger partial charge in [-0.3, -0.25) is 9.36 Å². The first kappa shape index (κ1) is 23.2. The van der Waals surface area contributed by atoms with E-state index in [1.165, 1.54) is 31.0 Å². The van der Waals surface area contributed by atoms with E-state index in [4.69, 9.17) is 9.47 Å². The van der Waals surface area contributed by atoms with E-state index < -0.39 is 0 Å². The van der Waals surface area contributed by atoms with Crippen molar-refractivity contribution in [3.05, 3.63) is 42.2 Å². The SMILES string of the molecule is C=CCn1c(COc2ccc(C)cc2OC)nnc1SCC(=O)NC1CCCCC1C. The molecule has 2 unspecified atom stereocenters. The smallest absolute Gasteiger partial charge is 0.230 e. The summed E-state index contributed by atoms with van der Waals surface area (Å²) in [6.07, 6.45) is 6.47. The Labute approximate surface area is 188 Å². The Morgan fingerprint density at radius 3 is 2.87 bits per heavy atom. The van der Waals surface area contributed by atoms with Crippen molar-refractivity contribution in [2.24, 2.45) is 5.92 Å². The Morgan fingerprint density at radius 2 is 2.13 bits per heavy atom.